The minimum absolute atomic E-state index is 0.0810. The van der Waals surface area contributed by atoms with E-state index in [9.17, 15) is 0 Å². The van der Waals surface area contributed by atoms with Crippen molar-refractivity contribution >= 4 is 27.1 Å². The second-order valence-electron chi connectivity index (χ2n) is 17.6. The van der Waals surface area contributed by atoms with Crippen LogP contribution in [0.4, 0.5) is 0 Å². The molecule has 6 aromatic rings. The first kappa shape index (κ1) is 36.2. The molecule has 2 aliphatic rings. The van der Waals surface area contributed by atoms with Gasteiger partial charge in [0.2, 0.25) is 0 Å². The van der Waals surface area contributed by atoms with E-state index in [0.717, 1.165) is 15.6 Å². The summed E-state index contributed by atoms with van der Waals surface area (Å²) in [4.78, 5) is 0. The van der Waals surface area contributed by atoms with Crippen LogP contribution in [0.3, 0.4) is 0 Å². The van der Waals surface area contributed by atoms with E-state index in [1.165, 1.54) is 94.9 Å². The fourth-order valence-corrected chi connectivity index (χ4v) is 9.42. The van der Waals surface area contributed by atoms with Crippen molar-refractivity contribution in [2.24, 2.45) is 0 Å². The van der Waals surface area contributed by atoms with Gasteiger partial charge in [-0.1, -0.05) is 118 Å². The lowest BCUT2D eigenvalue weighted by atomic mass is 9.69. The number of benzene rings is 6. The van der Waals surface area contributed by atoms with Crippen molar-refractivity contribution < 1.29 is 0 Å². The first-order valence-corrected chi connectivity index (χ1v) is 20.1. The Kier molecular flexibility index (Phi) is 8.84. The third-order valence-corrected chi connectivity index (χ3v) is 12.2. The summed E-state index contributed by atoms with van der Waals surface area (Å²) in [6, 6.07) is 43.5. The van der Waals surface area contributed by atoms with E-state index in [1.54, 1.807) is 0 Å². The van der Waals surface area contributed by atoms with Crippen LogP contribution in [0, 0.1) is 33.6 Å². The molecule has 0 saturated heterocycles. The smallest absolute Gasteiger partial charge is 0.0808 e. The van der Waals surface area contributed by atoms with Gasteiger partial charge in [-0.05, 0) is 149 Å². The molecule has 0 aliphatic heterocycles. The van der Waals surface area contributed by atoms with Gasteiger partial charge in [-0.2, -0.15) is 0 Å². The minimum atomic E-state index is 0.0810. The van der Waals surface area contributed by atoms with Crippen LogP contribution in [0.2, 0.25) is 0 Å². The zero-order chi connectivity index (χ0) is 38.3. The van der Waals surface area contributed by atoms with Crippen molar-refractivity contribution in [1.29, 1.82) is 0 Å². The van der Waals surface area contributed by atoms with E-state index in [2.05, 4.69) is 206 Å². The molecule has 0 aromatic heterocycles. The third kappa shape index (κ3) is 6.03. The van der Waals surface area contributed by atoms with Gasteiger partial charge in [0.1, 0.15) is 0 Å². The number of hydrogen-bond acceptors (Lipinski definition) is 0. The van der Waals surface area contributed by atoms with Crippen LogP contribution in [-0.4, -0.2) is 0 Å². The molecule has 6 aromatic carbocycles. The Bertz CT molecular complexity index is 2460. The molecule has 0 amide bonds. The van der Waals surface area contributed by atoms with E-state index in [1.807, 2.05) is 0 Å². The van der Waals surface area contributed by atoms with Crippen LogP contribution in [0.15, 0.2) is 125 Å². The molecule has 2 aliphatic carbocycles. The zero-order valence-corrected chi connectivity index (χ0v) is 35.0. The van der Waals surface area contributed by atoms with Crippen molar-refractivity contribution in [3.8, 4) is 0 Å². The topological polar surface area (TPSA) is 0 Å². The van der Waals surface area contributed by atoms with Crippen molar-refractivity contribution in [3.63, 3.8) is 0 Å². The molecule has 1 unspecified atom stereocenters. The first-order chi connectivity index (χ1) is 25.6. The number of halogens is 1. The Labute approximate surface area is 331 Å². The van der Waals surface area contributed by atoms with Crippen molar-refractivity contribution in [2.75, 3.05) is 0 Å². The number of aryl methyl sites for hydroxylation is 4. The fourth-order valence-electron chi connectivity index (χ4n) is 9.05. The average molecular weight is 767 g/mol. The molecule has 1 heteroatoms. The second kappa shape index (κ2) is 13.2. The van der Waals surface area contributed by atoms with Gasteiger partial charge in [0.15, 0.2) is 0 Å². The Morgan fingerprint density at radius 3 is 1.48 bits per heavy atom. The monoisotopic (exact) mass is 765 g/mol. The molecule has 0 bridgehead atoms. The van der Waals surface area contributed by atoms with Gasteiger partial charge in [0.25, 0.3) is 0 Å². The Balaban J connectivity index is 1.41. The molecule has 268 valence electrons. The van der Waals surface area contributed by atoms with E-state index in [-0.39, 0.29) is 16.7 Å². The molecule has 0 spiro atoms. The third-order valence-electron chi connectivity index (χ3n) is 11.7. The summed E-state index contributed by atoms with van der Waals surface area (Å²) in [5.74, 6) is 1.41. The van der Waals surface area contributed by atoms with E-state index in [0.29, 0.717) is 0 Å². The maximum Gasteiger partial charge on any atom is 0.0808 e. The molecular weight excluding hydrogens is 716 g/mol. The van der Waals surface area contributed by atoms with Crippen LogP contribution >= 0.6 is 15.9 Å². The van der Waals surface area contributed by atoms with Gasteiger partial charge in [0, 0.05) is 38.2 Å². The molecule has 1 atom stereocenters. The Morgan fingerprint density at radius 2 is 0.944 bits per heavy atom. The summed E-state index contributed by atoms with van der Waals surface area (Å²) >= 11 is 3.88. The summed E-state index contributed by atoms with van der Waals surface area (Å²) < 4.78 is 1.09. The van der Waals surface area contributed by atoms with Gasteiger partial charge in [0.05, 0.1) is 28.2 Å². The van der Waals surface area contributed by atoms with Gasteiger partial charge in [-0.3, -0.25) is 0 Å². The molecular formula is C53H50Br+. The molecule has 0 saturated carbocycles. The zero-order valence-electron chi connectivity index (χ0n) is 33.4. The van der Waals surface area contributed by atoms with Crippen LogP contribution < -0.4 is 0 Å². The SMILES string of the molecule is Cc1cc(C(C)(C)C)cc(C)c1[C+]1c2ccccc2C(=C=C2c3ccccc3C(c3c(C)cc(C(C)(C)C)cc3C)c3cc(Br)ccc32)c2ccccc21. The summed E-state index contributed by atoms with van der Waals surface area (Å²) in [5.41, 5.74) is 27.5. The standard InChI is InChI=1S/C53H50Br/c1-31-25-35(52(5,6)7)26-32(2)48(31)50-42-20-14-11-17-38(42)45(39-18-12-15-21-43(39)50)30-46-40-19-13-16-22-44(40)51(47-29-37(54)23-24-41(46)47)49-33(3)27-36(28-34(49)4)53(8,9)10/h11-29,51H,1-10H3/q+1. The summed E-state index contributed by atoms with van der Waals surface area (Å²) in [5, 5.41) is 0. The molecule has 0 fully saturated rings. The van der Waals surface area contributed by atoms with Crippen molar-refractivity contribution in [1.82, 2.24) is 0 Å². The van der Waals surface area contributed by atoms with E-state index < -0.39 is 0 Å². The minimum Gasteiger partial charge on any atom is -0.0901 e. The number of rotatable bonds is 2. The average Bonchev–Trinajstić information content (AvgIpc) is 3.11. The Hall–Kier alpha value is -4.81. The maximum atomic E-state index is 4.17. The lowest BCUT2D eigenvalue weighted by Crippen LogP contribution is -2.19. The number of fused-ring (bicyclic) bond motifs is 4. The molecule has 0 N–H and O–H groups in total. The quantitative estimate of drug-likeness (QED) is 0.121. The Morgan fingerprint density at radius 1 is 0.500 bits per heavy atom. The molecule has 8 rings (SSSR count). The summed E-state index contributed by atoms with van der Waals surface area (Å²) in [7, 11) is 0. The van der Waals surface area contributed by atoms with Crippen LogP contribution in [0.5, 0.6) is 0 Å². The van der Waals surface area contributed by atoms with Crippen LogP contribution in [-0.2, 0) is 10.8 Å². The predicted octanol–water partition coefficient (Wildman–Crippen LogP) is 14.3. The van der Waals surface area contributed by atoms with Crippen LogP contribution in [0.1, 0.15) is 136 Å². The maximum absolute atomic E-state index is 4.17. The van der Waals surface area contributed by atoms with E-state index >= 15 is 0 Å². The molecule has 0 heterocycles. The first-order valence-electron chi connectivity index (χ1n) is 19.3. The van der Waals surface area contributed by atoms with Crippen molar-refractivity contribution in [2.45, 2.75) is 86.0 Å². The second-order valence-corrected chi connectivity index (χ2v) is 18.5. The van der Waals surface area contributed by atoms with Gasteiger partial charge >= 0.3 is 0 Å². The van der Waals surface area contributed by atoms with Gasteiger partial charge in [-0.25, -0.2) is 0 Å². The largest absolute Gasteiger partial charge is 0.0901 e. The van der Waals surface area contributed by atoms with Crippen molar-refractivity contribution in [3.05, 3.63) is 220 Å². The highest BCUT2D eigenvalue weighted by Crippen LogP contribution is 2.51. The van der Waals surface area contributed by atoms with Gasteiger partial charge < -0.3 is 0 Å². The highest BCUT2D eigenvalue weighted by atomic mass is 79.9. The molecule has 0 radical (unpaired) electrons. The molecule has 54 heavy (non-hydrogen) atoms. The highest BCUT2D eigenvalue weighted by Gasteiger charge is 2.39. The predicted molar refractivity (Wildman–Crippen MR) is 233 cm³/mol. The summed E-state index contributed by atoms with van der Waals surface area (Å²) in [6.07, 6.45) is 0. The van der Waals surface area contributed by atoms with E-state index in [4.69, 9.17) is 0 Å². The van der Waals surface area contributed by atoms with Crippen LogP contribution in [0.25, 0.3) is 11.1 Å². The van der Waals surface area contributed by atoms with Gasteiger partial charge in [-0.15, -0.1) is 0 Å². The molecule has 0 nitrogen and oxygen atoms in total. The summed E-state index contributed by atoms with van der Waals surface area (Å²) in [6.45, 7) is 23.0. The highest BCUT2D eigenvalue weighted by molar-refractivity contribution is 9.10. The lowest BCUT2D eigenvalue weighted by Gasteiger charge is -2.33. The normalized spacial score (nSPS) is 14.9. The lowest BCUT2D eigenvalue weighted by molar-refractivity contribution is 0.588. The number of hydrogen-bond donors (Lipinski definition) is 0. The fraction of sp³-hybridized carbons (Fsp3) is 0.245.